The lowest BCUT2D eigenvalue weighted by Crippen LogP contribution is -2.38. The van der Waals surface area contributed by atoms with Gasteiger partial charge in [0.1, 0.15) is 18.5 Å². The standard InChI is InChI=1S/C24H24N4O4/c29-18(15-32-24-3-1-2-22-20(24)6-9-25-22)14-27-10-7-16(8-11-27)21-13-26-23-12-17(28(30)31)4-5-19(21)23/h1-7,9,12-13,18,25-26,29H,8,10-11,14-15H2. The number of aromatic nitrogens is 2. The van der Waals surface area contributed by atoms with Gasteiger partial charge < -0.3 is 19.8 Å². The molecule has 164 valence electrons. The Balaban J connectivity index is 1.19. The zero-order valence-corrected chi connectivity index (χ0v) is 17.5. The highest BCUT2D eigenvalue weighted by Gasteiger charge is 2.19. The van der Waals surface area contributed by atoms with Gasteiger partial charge in [-0.05, 0) is 36.3 Å². The Morgan fingerprint density at radius 2 is 2.06 bits per heavy atom. The van der Waals surface area contributed by atoms with E-state index in [4.69, 9.17) is 4.74 Å². The Bertz CT molecular complexity index is 1310. The molecule has 1 aliphatic heterocycles. The van der Waals surface area contributed by atoms with Crippen molar-refractivity contribution in [2.45, 2.75) is 12.5 Å². The number of nitrogens with zero attached hydrogens (tertiary/aromatic N) is 2. The molecular formula is C24H24N4O4. The van der Waals surface area contributed by atoms with E-state index in [0.29, 0.717) is 6.54 Å². The molecule has 2 aromatic carbocycles. The van der Waals surface area contributed by atoms with Crippen molar-refractivity contribution in [2.75, 3.05) is 26.2 Å². The summed E-state index contributed by atoms with van der Waals surface area (Å²) in [4.78, 5) is 19.1. The molecule has 2 aromatic heterocycles. The number of benzene rings is 2. The number of aliphatic hydroxyl groups excluding tert-OH is 1. The van der Waals surface area contributed by atoms with Crippen LogP contribution in [0.4, 0.5) is 5.69 Å². The number of aromatic amines is 2. The topological polar surface area (TPSA) is 107 Å². The van der Waals surface area contributed by atoms with Crippen LogP contribution in [0.1, 0.15) is 12.0 Å². The number of ether oxygens (including phenoxy) is 1. The van der Waals surface area contributed by atoms with Gasteiger partial charge in [0.15, 0.2) is 0 Å². The summed E-state index contributed by atoms with van der Waals surface area (Å²) in [6.45, 7) is 2.33. The van der Waals surface area contributed by atoms with Crippen LogP contribution < -0.4 is 4.74 Å². The fourth-order valence-corrected chi connectivity index (χ4v) is 4.33. The maximum absolute atomic E-state index is 11.0. The highest BCUT2D eigenvalue weighted by atomic mass is 16.6. The van der Waals surface area contributed by atoms with Gasteiger partial charge in [0, 0.05) is 66.0 Å². The molecule has 0 radical (unpaired) electrons. The molecule has 32 heavy (non-hydrogen) atoms. The van der Waals surface area contributed by atoms with Crippen LogP contribution in [-0.4, -0.2) is 57.2 Å². The first-order valence-corrected chi connectivity index (χ1v) is 10.6. The number of nitro groups is 1. The highest BCUT2D eigenvalue weighted by Crippen LogP contribution is 2.31. The molecule has 8 nitrogen and oxygen atoms in total. The number of fused-ring (bicyclic) bond motifs is 2. The molecule has 0 amide bonds. The van der Waals surface area contributed by atoms with E-state index in [2.05, 4.69) is 20.9 Å². The quantitative estimate of drug-likeness (QED) is 0.301. The van der Waals surface area contributed by atoms with Crippen LogP contribution in [0.25, 0.3) is 27.4 Å². The predicted molar refractivity (Wildman–Crippen MR) is 124 cm³/mol. The van der Waals surface area contributed by atoms with Crippen LogP contribution >= 0.6 is 0 Å². The van der Waals surface area contributed by atoms with Crippen LogP contribution in [0.5, 0.6) is 5.75 Å². The third-order valence-electron chi connectivity index (χ3n) is 5.97. The predicted octanol–water partition coefficient (Wildman–Crippen LogP) is 4.09. The lowest BCUT2D eigenvalue weighted by atomic mass is 9.98. The van der Waals surface area contributed by atoms with Crippen LogP contribution in [0.15, 0.2) is 60.9 Å². The lowest BCUT2D eigenvalue weighted by molar-refractivity contribution is -0.384. The number of nitrogens with one attached hydrogen (secondary N) is 2. The molecule has 0 spiro atoms. The van der Waals surface area contributed by atoms with Crippen molar-refractivity contribution in [3.8, 4) is 5.75 Å². The van der Waals surface area contributed by atoms with Gasteiger partial charge in [-0.15, -0.1) is 0 Å². The number of hydrogen-bond donors (Lipinski definition) is 3. The van der Waals surface area contributed by atoms with Gasteiger partial charge in [0.2, 0.25) is 0 Å². The first-order valence-electron chi connectivity index (χ1n) is 10.6. The zero-order chi connectivity index (χ0) is 22.1. The van der Waals surface area contributed by atoms with E-state index in [1.807, 2.05) is 36.7 Å². The van der Waals surface area contributed by atoms with E-state index in [0.717, 1.165) is 52.6 Å². The third kappa shape index (κ3) is 3.98. The van der Waals surface area contributed by atoms with Crippen molar-refractivity contribution in [3.05, 3.63) is 76.6 Å². The van der Waals surface area contributed by atoms with Crippen molar-refractivity contribution in [1.82, 2.24) is 14.9 Å². The second-order valence-electron chi connectivity index (χ2n) is 8.09. The van der Waals surface area contributed by atoms with Gasteiger partial charge in [-0.3, -0.25) is 15.0 Å². The van der Waals surface area contributed by atoms with Crippen molar-refractivity contribution in [2.24, 2.45) is 0 Å². The summed E-state index contributed by atoms with van der Waals surface area (Å²) in [6, 6.07) is 12.7. The molecule has 0 fully saturated rings. The fraction of sp³-hybridized carbons (Fsp3) is 0.250. The molecule has 0 aliphatic carbocycles. The molecule has 1 aliphatic rings. The smallest absolute Gasteiger partial charge is 0.271 e. The fourth-order valence-electron chi connectivity index (χ4n) is 4.33. The average Bonchev–Trinajstić information content (AvgIpc) is 3.45. The molecule has 5 rings (SSSR count). The van der Waals surface area contributed by atoms with E-state index < -0.39 is 6.10 Å². The summed E-state index contributed by atoms with van der Waals surface area (Å²) in [5.41, 5.74) is 4.16. The second-order valence-corrected chi connectivity index (χ2v) is 8.09. The normalized spacial score (nSPS) is 15.7. The molecule has 1 atom stereocenters. The summed E-state index contributed by atoms with van der Waals surface area (Å²) in [7, 11) is 0. The van der Waals surface area contributed by atoms with Gasteiger partial charge in [0.05, 0.1) is 10.4 Å². The first-order chi connectivity index (χ1) is 15.6. The summed E-state index contributed by atoms with van der Waals surface area (Å²) in [6.07, 6.45) is 6.22. The Morgan fingerprint density at radius 3 is 2.88 bits per heavy atom. The van der Waals surface area contributed by atoms with Crippen LogP contribution in [0.3, 0.4) is 0 Å². The number of H-pyrrole nitrogens is 2. The minimum atomic E-state index is -0.590. The molecule has 8 heteroatoms. The molecule has 0 bridgehead atoms. The minimum Gasteiger partial charge on any atom is -0.490 e. The first kappa shape index (κ1) is 20.3. The Kier molecular flexibility index (Phi) is 5.38. The second kappa shape index (κ2) is 8.49. The summed E-state index contributed by atoms with van der Waals surface area (Å²) in [5, 5.41) is 23.5. The van der Waals surface area contributed by atoms with Crippen LogP contribution in [0.2, 0.25) is 0 Å². The summed E-state index contributed by atoms with van der Waals surface area (Å²) >= 11 is 0. The number of aliphatic hydroxyl groups is 1. The molecule has 0 saturated carbocycles. The molecule has 4 aromatic rings. The molecule has 3 heterocycles. The van der Waals surface area contributed by atoms with Gasteiger partial charge in [0.25, 0.3) is 5.69 Å². The van der Waals surface area contributed by atoms with E-state index >= 15 is 0 Å². The highest BCUT2D eigenvalue weighted by molar-refractivity contribution is 5.94. The minimum absolute atomic E-state index is 0.0821. The third-order valence-corrected chi connectivity index (χ3v) is 5.97. The molecular weight excluding hydrogens is 408 g/mol. The Hall–Kier alpha value is -3.62. The Labute approximate surface area is 184 Å². The van der Waals surface area contributed by atoms with Gasteiger partial charge in [-0.25, -0.2) is 0 Å². The van der Waals surface area contributed by atoms with Crippen LogP contribution in [-0.2, 0) is 0 Å². The summed E-state index contributed by atoms with van der Waals surface area (Å²) < 4.78 is 5.87. The number of β-amino-alcohol motifs (C(OH)–C–C–N with tert-alkyl or cyclic N) is 1. The molecule has 3 N–H and O–H groups in total. The largest absolute Gasteiger partial charge is 0.490 e. The number of nitro benzene ring substituents is 1. The van der Waals surface area contributed by atoms with E-state index in [9.17, 15) is 15.2 Å². The summed E-state index contributed by atoms with van der Waals surface area (Å²) in [5.74, 6) is 0.767. The average molecular weight is 432 g/mol. The van der Waals surface area contributed by atoms with E-state index in [1.165, 1.54) is 5.57 Å². The van der Waals surface area contributed by atoms with Gasteiger partial charge >= 0.3 is 0 Å². The number of non-ortho nitro benzene ring substituents is 1. The maximum atomic E-state index is 11.0. The van der Waals surface area contributed by atoms with Crippen molar-refractivity contribution in [1.29, 1.82) is 0 Å². The van der Waals surface area contributed by atoms with Gasteiger partial charge in [-0.1, -0.05) is 12.1 Å². The Morgan fingerprint density at radius 1 is 1.16 bits per heavy atom. The van der Waals surface area contributed by atoms with Gasteiger partial charge in [-0.2, -0.15) is 0 Å². The monoisotopic (exact) mass is 432 g/mol. The van der Waals surface area contributed by atoms with E-state index in [1.54, 1.807) is 18.2 Å². The maximum Gasteiger partial charge on any atom is 0.271 e. The van der Waals surface area contributed by atoms with Crippen molar-refractivity contribution in [3.63, 3.8) is 0 Å². The van der Waals surface area contributed by atoms with Crippen molar-refractivity contribution >= 4 is 33.1 Å². The van der Waals surface area contributed by atoms with Crippen LogP contribution in [0, 0.1) is 10.1 Å². The molecule has 0 saturated heterocycles. The molecule has 1 unspecified atom stereocenters. The number of hydrogen-bond acceptors (Lipinski definition) is 5. The SMILES string of the molecule is O=[N+]([O-])c1ccc2c(C3=CCN(CC(O)COc4cccc5[nH]ccc45)CC3)c[nH]c2c1. The van der Waals surface area contributed by atoms with E-state index in [-0.39, 0.29) is 17.2 Å². The number of rotatable bonds is 7. The zero-order valence-electron chi connectivity index (χ0n) is 17.5. The lowest BCUT2D eigenvalue weighted by Gasteiger charge is -2.28. The van der Waals surface area contributed by atoms with Crippen molar-refractivity contribution < 1.29 is 14.8 Å².